The molecule has 158 valence electrons. The molecule has 0 spiro atoms. The van der Waals surface area contributed by atoms with E-state index in [1.807, 2.05) is 18.2 Å². The van der Waals surface area contributed by atoms with Gasteiger partial charge in [-0.1, -0.05) is 24.3 Å². The normalized spacial score (nSPS) is 29.3. The van der Waals surface area contributed by atoms with Crippen LogP contribution in [0.15, 0.2) is 46.1 Å². The SMILES string of the molecule is C=CCc1cccc2cc(C(=O)NCCOC34CC5CC(CC(C5)C3)C4)c(=O)oc12. The maximum atomic E-state index is 12.6. The maximum absolute atomic E-state index is 12.6. The minimum Gasteiger partial charge on any atom is -0.422 e. The Balaban J connectivity index is 1.22. The fourth-order valence-corrected chi connectivity index (χ4v) is 6.41. The molecule has 0 saturated heterocycles. The van der Waals surface area contributed by atoms with Crippen LogP contribution in [-0.4, -0.2) is 24.7 Å². The molecule has 4 saturated carbocycles. The van der Waals surface area contributed by atoms with E-state index < -0.39 is 11.5 Å². The van der Waals surface area contributed by atoms with E-state index in [0.717, 1.165) is 28.7 Å². The van der Waals surface area contributed by atoms with Crippen LogP contribution < -0.4 is 10.9 Å². The Morgan fingerprint density at radius 3 is 2.57 bits per heavy atom. The van der Waals surface area contributed by atoms with Crippen LogP contribution in [0.3, 0.4) is 0 Å². The minimum absolute atomic E-state index is 0.0308. The zero-order valence-electron chi connectivity index (χ0n) is 17.3. The number of allylic oxidation sites excluding steroid dienone is 1. The molecular weight excluding hydrogens is 378 g/mol. The standard InChI is InChI=1S/C25H29NO4/c1-2-4-19-5-3-6-20-12-21(24(28)30-22(19)20)23(27)26-7-8-29-25-13-16-9-17(14-25)11-18(10-16)15-25/h2-3,5-6,12,16-18H,1,4,7-11,13-15H2,(H,26,27). The largest absolute Gasteiger partial charge is 0.422 e. The monoisotopic (exact) mass is 407 g/mol. The van der Waals surface area contributed by atoms with E-state index in [0.29, 0.717) is 25.2 Å². The number of hydrogen-bond acceptors (Lipinski definition) is 4. The predicted octanol–water partition coefficient (Wildman–Crippen LogP) is 4.24. The summed E-state index contributed by atoms with van der Waals surface area (Å²) < 4.78 is 11.8. The van der Waals surface area contributed by atoms with Crippen molar-refractivity contribution in [3.63, 3.8) is 0 Å². The lowest BCUT2D eigenvalue weighted by molar-refractivity contribution is -0.160. The van der Waals surface area contributed by atoms with E-state index in [-0.39, 0.29) is 11.2 Å². The molecular formula is C25H29NO4. The van der Waals surface area contributed by atoms with E-state index in [1.165, 1.54) is 38.5 Å². The van der Waals surface area contributed by atoms with Gasteiger partial charge in [-0.2, -0.15) is 0 Å². The average Bonchev–Trinajstić information content (AvgIpc) is 2.70. The Labute approximate surface area is 176 Å². The number of nitrogens with one attached hydrogen (secondary N) is 1. The third kappa shape index (κ3) is 3.60. The van der Waals surface area contributed by atoms with Crippen molar-refractivity contribution < 1.29 is 13.9 Å². The van der Waals surface area contributed by atoms with E-state index in [4.69, 9.17) is 9.15 Å². The van der Waals surface area contributed by atoms with Crippen molar-refractivity contribution in [3.8, 4) is 0 Å². The molecule has 1 aromatic heterocycles. The fraction of sp³-hybridized carbons (Fsp3) is 0.520. The first-order chi connectivity index (χ1) is 14.5. The first-order valence-corrected chi connectivity index (χ1v) is 11.1. The molecule has 0 radical (unpaired) electrons. The highest BCUT2D eigenvalue weighted by Crippen LogP contribution is 2.57. The van der Waals surface area contributed by atoms with Gasteiger partial charge in [0, 0.05) is 11.9 Å². The third-order valence-electron chi connectivity index (χ3n) is 7.23. The van der Waals surface area contributed by atoms with Gasteiger partial charge in [-0.3, -0.25) is 4.79 Å². The summed E-state index contributed by atoms with van der Waals surface area (Å²) in [5, 5.41) is 3.58. The summed E-state index contributed by atoms with van der Waals surface area (Å²) in [5.41, 5.74) is 0.856. The second-order valence-corrected chi connectivity index (χ2v) is 9.48. The Kier molecular flexibility index (Phi) is 5.02. The van der Waals surface area contributed by atoms with Crippen molar-refractivity contribution in [2.45, 2.75) is 50.5 Å². The van der Waals surface area contributed by atoms with Gasteiger partial charge in [0.05, 0.1) is 12.2 Å². The summed E-state index contributed by atoms with van der Waals surface area (Å²) in [5.74, 6) is 2.09. The smallest absolute Gasteiger partial charge is 0.349 e. The number of amides is 1. The highest BCUT2D eigenvalue weighted by molar-refractivity contribution is 5.97. The van der Waals surface area contributed by atoms with E-state index in [1.54, 1.807) is 12.1 Å². The molecule has 1 amide bonds. The van der Waals surface area contributed by atoms with Gasteiger partial charge >= 0.3 is 5.63 Å². The van der Waals surface area contributed by atoms with Crippen molar-refractivity contribution in [3.05, 3.63) is 58.5 Å². The number of carbonyl (C=O) groups excluding carboxylic acids is 1. The van der Waals surface area contributed by atoms with Crippen LogP contribution in [0.5, 0.6) is 0 Å². The average molecular weight is 408 g/mol. The molecule has 0 atom stereocenters. The van der Waals surface area contributed by atoms with Gasteiger partial charge < -0.3 is 14.5 Å². The van der Waals surface area contributed by atoms with E-state index in [9.17, 15) is 9.59 Å². The molecule has 1 aromatic carbocycles. The molecule has 0 aliphatic heterocycles. The topological polar surface area (TPSA) is 68.5 Å². The van der Waals surface area contributed by atoms with Crippen molar-refractivity contribution in [2.75, 3.05) is 13.2 Å². The van der Waals surface area contributed by atoms with Crippen LogP contribution in [0.4, 0.5) is 0 Å². The molecule has 30 heavy (non-hydrogen) atoms. The molecule has 4 aliphatic carbocycles. The van der Waals surface area contributed by atoms with E-state index in [2.05, 4.69) is 11.9 Å². The highest BCUT2D eigenvalue weighted by atomic mass is 16.5. The van der Waals surface area contributed by atoms with Crippen LogP contribution >= 0.6 is 0 Å². The van der Waals surface area contributed by atoms with Gasteiger partial charge in [-0.25, -0.2) is 4.79 Å². The molecule has 2 aromatic rings. The number of hydrogen-bond donors (Lipinski definition) is 1. The van der Waals surface area contributed by atoms with Gasteiger partial charge in [0.15, 0.2) is 0 Å². The van der Waals surface area contributed by atoms with Gasteiger partial charge in [0.2, 0.25) is 0 Å². The number of fused-ring (bicyclic) bond motifs is 1. The van der Waals surface area contributed by atoms with Gasteiger partial charge in [0.25, 0.3) is 5.91 Å². The fourth-order valence-electron chi connectivity index (χ4n) is 6.41. The first kappa shape index (κ1) is 19.6. The minimum atomic E-state index is -0.612. The molecule has 1 N–H and O–H groups in total. The lowest BCUT2D eigenvalue weighted by Crippen LogP contribution is -2.52. The number of ether oxygens (including phenoxy) is 1. The van der Waals surface area contributed by atoms with Crippen molar-refractivity contribution in [1.29, 1.82) is 0 Å². The quantitative estimate of drug-likeness (QED) is 0.424. The zero-order chi connectivity index (χ0) is 20.7. The lowest BCUT2D eigenvalue weighted by atomic mass is 9.54. The number of rotatable bonds is 7. The summed E-state index contributed by atoms with van der Waals surface area (Å²) in [7, 11) is 0. The molecule has 5 heteroatoms. The van der Waals surface area contributed by atoms with Crippen molar-refractivity contribution in [1.82, 2.24) is 5.32 Å². The summed E-state index contributed by atoms with van der Waals surface area (Å²) in [6.07, 6.45) is 10.0. The third-order valence-corrected chi connectivity index (χ3v) is 7.23. The number of carbonyl (C=O) groups is 1. The Morgan fingerprint density at radius 2 is 1.90 bits per heavy atom. The highest BCUT2D eigenvalue weighted by Gasteiger charge is 2.51. The summed E-state index contributed by atoms with van der Waals surface area (Å²) in [6.45, 7) is 4.62. The Morgan fingerprint density at radius 1 is 1.20 bits per heavy atom. The van der Waals surface area contributed by atoms with Crippen LogP contribution in [0, 0.1) is 17.8 Å². The van der Waals surface area contributed by atoms with Crippen molar-refractivity contribution >= 4 is 16.9 Å². The summed E-state index contributed by atoms with van der Waals surface area (Å²) in [6, 6.07) is 7.25. The molecule has 5 nitrogen and oxygen atoms in total. The van der Waals surface area contributed by atoms with Crippen LogP contribution in [-0.2, 0) is 11.2 Å². The van der Waals surface area contributed by atoms with E-state index >= 15 is 0 Å². The number of benzene rings is 1. The van der Waals surface area contributed by atoms with Crippen LogP contribution in [0.25, 0.3) is 11.0 Å². The zero-order valence-corrected chi connectivity index (χ0v) is 17.3. The number of para-hydroxylation sites is 1. The van der Waals surface area contributed by atoms with Gasteiger partial charge in [-0.15, -0.1) is 6.58 Å². The van der Waals surface area contributed by atoms with Crippen LogP contribution in [0.2, 0.25) is 0 Å². The first-order valence-electron chi connectivity index (χ1n) is 11.1. The molecule has 4 bridgehead atoms. The van der Waals surface area contributed by atoms with Crippen molar-refractivity contribution in [2.24, 2.45) is 17.8 Å². The Hall–Kier alpha value is -2.40. The summed E-state index contributed by atoms with van der Waals surface area (Å²) in [4.78, 5) is 25.0. The second kappa shape index (κ2) is 7.69. The maximum Gasteiger partial charge on any atom is 0.349 e. The molecule has 1 heterocycles. The van der Waals surface area contributed by atoms with Gasteiger partial charge in [-0.05, 0) is 74.3 Å². The van der Waals surface area contributed by atoms with Gasteiger partial charge in [0.1, 0.15) is 11.1 Å². The molecule has 4 aliphatic rings. The second-order valence-electron chi connectivity index (χ2n) is 9.48. The molecule has 4 fully saturated rings. The van der Waals surface area contributed by atoms with Crippen LogP contribution in [0.1, 0.15) is 54.4 Å². The Bertz CT molecular complexity index is 1000. The summed E-state index contributed by atoms with van der Waals surface area (Å²) >= 11 is 0. The molecule has 0 unspecified atom stereocenters. The lowest BCUT2D eigenvalue weighted by Gasteiger charge is -2.56. The predicted molar refractivity (Wildman–Crippen MR) is 116 cm³/mol. The molecule has 6 rings (SSSR count).